The molecule has 3 N–H and O–H groups in total. The highest BCUT2D eigenvalue weighted by molar-refractivity contribution is 7.92. The Hall–Kier alpha value is -1.94. The number of alkyl halides is 3. The maximum absolute atomic E-state index is 13.6. The zero-order valence-corrected chi connectivity index (χ0v) is 13.4. The summed E-state index contributed by atoms with van der Waals surface area (Å²) in [6.07, 6.45) is 4.50. The number of hydrogen-bond donors (Lipinski definition) is 2. The molecular formula is C15H14F4N2O3S. The van der Waals surface area contributed by atoms with Crippen LogP contribution in [-0.2, 0) is 14.6 Å². The van der Waals surface area contributed by atoms with Crippen LogP contribution in [0.15, 0.2) is 35.2 Å². The molecule has 3 rings (SSSR count). The number of nitrogens with two attached hydrogens (primary N) is 1. The van der Waals surface area contributed by atoms with Gasteiger partial charge in [0.15, 0.2) is 0 Å². The van der Waals surface area contributed by atoms with Crippen LogP contribution in [0.1, 0.15) is 6.42 Å². The highest BCUT2D eigenvalue weighted by Gasteiger charge is 2.49. The number of amides is 1. The summed E-state index contributed by atoms with van der Waals surface area (Å²) < 4.78 is 74.3. The molecule has 25 heavy (non-hydrogen) atoms. The van der Waals surface area contributed by atoms with Crippen molar-refractivity contribution in [1.82, 2.24) is 0 Å². The monoisotopic (exact) mass is 378 g/mol. The second-order valence-corrected chi connectivity index (χ2v) is 8.04. The number of allylic oxidation sites excluding steroid dienone is 1. The molecule has 2 aliphatic carbocycles. The number of halogens is 4. The highest BCUT2D eigenvalue weighted by Crippen LogP contribution is 2.43. The third-order valence-electron chi connectivity index (χ3n) is 4.62. The number of rotatable bonds is 3. The summed E-state index contributed by atoms with van der Waals surface area (Å²) in [4.78, 5) is 10.8. The van der Waals surface area contributed by atoms with Crippen LogP contribution in [0.2, 0.25) is 0 Å². The predicted molar refractivity (Wildman–Crippen MR) is 80.5 cm³/mol. The third kappa shape index (κ3) is 2.93. The summed E-state index contributed by atoms with van der Waals surface area (Å²) in [5.41, 5.74) is 0.0953. The van der Waals surface area contributed by atoms with E-state index in [4.69, 9.17) is 5.73 Å². The van der Waals surface area contributed by atoms with Crippen molar-refractivity contribution in [2.75, 3.05) is 5.32 Å². The minimum atomic E-state index is -5.87. The van der Waals surface area contributed by atoms with Gasteiger partial charge in [-0.2, -0.15) is 13.2 Å². The van der Waals surface area contributed by atoms with E-state index in [0.29, 0.717) is 12.1 Å². The second kappa shape index (κ2) is 5.80. The smallest absolute Gasteiger partial charge is 0.326 e. The van der Waals surface area contributed by atoms with Gasteiger partial charge in [-0.3, -0.25) is 4.79 Å². The van der Waals surface area contributed by atoms with E-state index in [9.17, 15) is 30.8 Å². The minimum Gasteiger partial charge on any atom is -0.326 e. The lowest BCUT2D eigenvalue weighted by molar-refractivity contribution is -0.120. The van der Waals surface area contributed by atoms with Crippen molar-refractivity contribution in [3.05, 3.63) is 36.2 Å². The molecule has 2 aliphatic rings. The maximum Gasteiger partial charge on any atom is 0.502 e. The summed E-state index contributed by atoms with van der Waals surface area (Å²) in [7, 11) is -5.87. The fourth-order valence-electron chi connectivity index (χ4n) is 3.37. The van der Waals surface area contributed by atoms with Crippen LogP contribution in [0.5, 0.6) is 0 Å². The second-order valence-electron chi connectivity index (χ2n) is 6.14. The zero-order chi connectivity index (χ0) is 18.6. The van der Waals surface area contributed by atoms with Crippen LogP contribution >= 0.6 is 0 Å². The normalized spacial score (nSPS) is 28.4. The van der Waals surface area contributed by atoms with Crippen LogP contribution in [0.3, 0.4) is 0 Å². The maximum atomic E-state index is 13.6. The van der Waals surface area contributed by atoms with Gasteiger partial charge >= 0.3 is 5.51 Å². The van der Waals surface area contributed by atoms with Gasteiger partial charge in [0.2, 0.25) is 5.91 Å². The van der Waals surface area contributed by atoms with E-state index in [1.54, 1.807) is 0 Å². The van der Waals surface area contributed by atoms with E-state index in [-0.39, 0.29) is 17.5 Å². The average molecular weight is 378 g/mol. The van der Waals surface area contributed by atoms with Gasteiger partial charge < -0.3 is 11.1 Å². The molecule has 0 spiro atoms. The standard InChI is InChI=1S/C15H14F4N2O3S/c16-10-4-3-9(6-11(10)25(23,24)15(17,18)19)21-14(22)12-7-1-2-8(5-7)13(12)20/h1-4,6-8,12-13H,5,20H2,(H,21,22)/t7-,8+,12+,13-/m0/s1. The Kier molecular flexibility index (Phi) is 4.15. The minimum absolute atomic E-state index is 0.0649. The Labute approximate surface area is 140 Å². The van der Waals surface area contributed by atoms with Crippen molar-refractivity contribution < 1.29 is 30.8 Å². The first-order valence-corrected chi connectivity index (χ1v) is 8.86. The number of anilines is 1. The van der Waals surface area contributed by atoms with E-state index >= 15 is 0 Å². The first kappa shape index (κ1) is 17.9. The Morgan fingerprint density at radius 2 is 1.84 bits per heavy atom. The predicted octanol–water partition coefficient (Wildman–Crippen LogP) is 2.21. The molecule has 0 unspecified atom stereocenters. The Morgan fingerprint density at radius 3 is 2.40 bits per heavy atom. The number of hydrogen-bond acceptors (Lipinski definition) is 4. The van der Waals surface area contributed by atoms with Gasteiger partial charge in [-0.05, 0) is 36.5 Å². The van der Waals surface area contributed by atoms with Gasteiger partial charge in [-0.1, -0.05) is 12.2 Å². The molecular weight excluding hydrogens is 364 g/mol. The fraction of sp³-hybridized carbons (Fsp3) is 0.400. The van der Waals surface area contributed by atoms with Gasteiger partial charge in [0.25, 0.3) is 9.84 Å². The zero-order valence-electron chi connectivity index (χ0n) is 12.6. The SMILES string of the molecule is N[C@@H]1[C@H](C(=O)Nc2ccc(F)c(S(=O)(=O)C(F)(F)F)c2)[C@H]2C=C[C@@H]1C2. The molecule has 0 saturated heterocycles. The number of fused-ring (bicyclic) bond motifs is 2. The molecule has 2 bridgehead atoms. The number of benzene rings is 1. The Morgan fingerprint density at radius 1 is 1.20 bits per heavy atom. The molecule has 1 aromatic rings. The van der Waals surface area contributed by atoms with Crippen molar-refractivity contribution in [3.63, 3.8) is 0 Å². The lowest BCUT2D eigenvalue weighted by atomic mass is 9.88. The molecule has 0 radical (unpaired) electrons. The molecule has 0 aromatic heterocycles. The van der Waals surface area contributed by atoms with Crippen molar-refractivity contribution >= 4 is 21.4 Å². The van der Waals surface area contributed by atoms with Crippen LogP contribution in [0.25, 0.3) is 0 Å². The molecule has 10 heteroatoms. The fourth-order valence-corrected chi connectivity index (χ4v) is 4.22. The molecule has 1 fully saturated rings. The van der Waals surface area contributed by atoms with Gasteiger partial charge in [-0.15, -0.1) is 0 Å². The lowest BCUT2D eigenvalue weighted by Crippen LogP contribution is -2.41. The highest BCUT2D eigenvalue weighted by atomic mass is 32.2. The number of nitrogens with one attached hydrogen (secondary N) is 1. The van der Waals surface area contributed by atoms with Crippen LogP contribution in [-0.4, -0.2) is 25.9 Å². The summed E-state index contributed by atoms with van der Waals surface area (Å²) >= 11 is 0. The lowest BCUT2D eigenvalue weighted by Gasteiger charge is -2.23. The van der Waals surface area contributed by atoms with Gasteiger partial charge in [0.05, 0.1) is 5.92 Å². The van der Waals surface area contributed by atoms with E-state index in [0.717, 1.165) is 12.5 Å². The number of carbonyl (C=O) groups excluding carboxylic acids is 1. The van der Waals surface area contributed by atoms with Gasteiger partial charge in [0.1, 0.15) is 10.7 Å². The van der Waals surface area contributed by atoms with Gasteiger partial charge in [0, 0.05) is 11.7 Å². The molecule has 1 saturated carbocycles. The Balaban J connectivity index is 1.86. The van der Waals surface area contributed by atoms with Crippen molar-refractivity contribution in [2.24, 2.45) is 23.5 Å². The molecule has 1 amide bonds. The molecule has 136 valence electrons. The number of carbonyl (C=O) groups is 1. The molecule has 5 nitrogen and oxygen atoms in total. The van der Waals surface area contributed by atoms with Crippen LogP contribution in [0.4, 0.5) is 23.2 Å². The van der Waals surface area contributed by atoms with E-state index in [2.05, 4.69) is 5.32 Å². The summed E-state index contributed by atoms with van der Waals surface area (Å²) in [6, 6.07) is 1.60. The summed E-state index contributed by atoms with van der Waals surface area (Å²) in [5.74, 6) is -2.65. The van der Waals surface area contributed by atoms with E-state index < -0.39 is 43.9 Å². The molecule has 0 heterocycles. The first-order chi connectivity index (χ1) is 11.5. The van der Waals surface area contributed by atoms with Crippen molar-refractivity contribution in [1.29, 1.82) is 0 Å². The quantitative estimate of drug-likeness (QED) is 0.623. The van der Waals surface area contributed by atoms with E-state index in [1.807, 2.05) is 12.2 Å². The third-order valence-corrected chi connectivity index (χ3v) is 6.12. The van der Waals surface area contributed by atoms with Crippen molar-refractivity contribution in [2.45, 2.75) is 22.9 Å². The summed E-state index contributed by atoms with van der Waals surface area (Å²) in [5, 5.41) is 2.34. The average Bonchev–Trinajstić information content (AvgIpc) is 3.08. The van der Waals surface area contributed by atoms with Crippen LogP contribution < -0.4 is 11.1 Å². The molecule has 1 aromatic carbocycles. The summed E-state index contributed by atoms with van der Waals surface area (Å²) in [6.45, 7) is 0. The first-order valence-electron chi connectivity index (χ1n) is 7.38. The topological polar surface area (TPSA) is 89.3 Å². The molecule has 0 aliphatic heterocycles. The van der Waals surface area contributed by atoms with Crippen molar-refractivity contribution in [3.8, 4) is 0 Å². The number of sulfone groups is 1. The Bertz CT molecular complexity index is 851. The van der Waals surface area contributed by atoms with Crippen LogP contribution in [0, 0.1) is 23.6 Å². The van der Waals surface area contributed by atoms with E-state index in [1.165, 1.54) is 0 Å². The molecule has 4 atom stereocenters. The largest absolute Gasteiger partial charge is 0.502 e. The van der Waals surface area contributed by atoms with Gasteiger partial charge in [-0.25, -0.2) is 12.8 Å².